The molecule has 174 valence electrons. The summed E-state index contributed by atoms with van der Waals surface area (Å²) in [4.78, 5) is 14.0. The van der Waals surface area contributed by atoms with Gasteiger partial charge in [0, 0.05) is 31.2 Å². The van der Waals surface area contributed by atoms with Crippen LogP contribution in [-0.2, 0) is 9.22 Å². The van der Waals surface area contributed by atoms with Gasteiger partial charge in [0.25, 0.3) is 0 Å². The first-order chi connectivity index (χ1) is 14.4. The molecule has 7 heteroatoms. The Labute approximate surface area is 187 Å². The normalized spacial score (nSPS) is 30.4. The Balaban J connectivity index is 1.67. The number of alkyl halides is 1. The van der Waals surface area contributed by atoms with Crippen molar-refractivity contribution in [3.8, 4) is 5.75 Å². The maximum atomic E-state index is 15.7. The summed E-state index contributed by atoms with van der Waals surface area (Å²) in [6.45, 7) is 11.7. The monoisotopic (exact) mass is 451 g/mol. The molecular formula is C24H38FNO4Si. The first kappa shape index (κ1) is 24.2. The fourth-order valence-corrected chi connectivity index (χ4v) is 6.09. The third kappa shape index (κ3) is 4.99. The van der Waals surface area contributed by atoms with Crippen molar-refractivity contribution >= 4 is 14.3 Å². The lowest BCUT2D eigenvalue weighted by atomic mass is 9.86. The van der Waals surface area contributed by atoms with Crippen LogP contribution in [0, 0.1) is 0 Å². The molecule has 0 radical (unpaired) electrons. The molecule has 3 rings (SSSR count). The van der Waals surface area contributed by atoms with Crippen molar-refractivity contribution in [3.63, 3.8) is 0 Å². The minimum absolute atomic E-state index is 0.0581. The van der Waals surface area contributed by atoms with Crippen molar-refractivity contribution in [3.05, 3.63) is 29.8 Å². The predicted octanol–water partition coefficient (Wildman–Crippen LogP) is 5.22. The zero-order valence-corrected chi connectivity index (χ0v) is 20.8. The van der Waals surface area contributed by atoms with Crippen LogP contribution < -0.4 is 4.74 Å². The zero-order valence-electron chi connectivity index (χ0n) is 19.8. The van der Waals surface area contributed by atoms with Crippen LogP contribution in [-0.4, -0.2) is 62.3 Å². The Morgan fingerprint density at radius 1 is 1.16 bits per heavy atom. The van der Waals surface area contributed by atoms with Gasteiger partial charge in [0.1, 0.15) is 5.75 Å². The molecule has 5 nitrogen and oxygen atoms in total. The first-order valence-electron chi connectivity index (χ1n) is 11.4. The molecule has 2 fully saturated rings. The number of rotatable bonds is 6. The third-order valence-electron chi connectivity index (χ3n) is 7.70. The number of aliphatic carboxylic acids is 1. The largest absolute Gasteiger partial charge is 0.497 e. The molecule has 1 aliphatic carbocycles. The number of carboxylic acid groups (broad SMARTS) is 1. The van der Waals surface area contributed by atoms with Gasteiger partial charge in [-0.15, -0.1) is 0 Å². The number of carboxylic acids is 1. The van der Waals surface area contributed by atoms with E-state index in [-0.39, 0.29) is 23.7 Å². The Morgan fingerprint density at radius 2 is 1.74 bits per heavy atom. The highest BCUT2D eigenvalue weighted by molar-refractivity contribution is 6.74. The number of benzene rings is 1. The van der Waals surface area contributed by atoms with E-state index < -0.39 is 25.9 Å². The Morgan fingerprint density at radius 3 is 2.23 bits per heavy atom. The predicted molar refractivity (Wildman–Crippen MR) is 123 cm³/mol. The molecule has 1 saturated heterocycles. The summed E-state index contributed by atoms with van der Waals surface area (Å²) < 4.78 is 27.5. The summed E-state index contributed by atoms with van der Waals surface area (Å²) in [7, 11) is -0.231. The average molecular weight is 452 g/mol. The standard InChI is InChI=1S/C24H38FNO4Si/c1-23(2,3)31(5,6)30-20-13-9-18(10-14-20)26-15-21(24(25,16-26)22(27)28)17-7-11-19(29-4)12-8-17/h7-8,11-12,18,20-21H,9-10,13-16H2,1-6H3,(H,27,28)/t18?,20?,21-,24-/m0/s1. The summed E-state index contributed by atoms with van der Waals surface area (Å²) >= 11 is 0. The average Bonchev–Trinajstić information content (AvgIpc) is 3.06. The quantitative estimate of drug-likeness (QED) is 0.601. The molecule has 0 bridgehead atoms. The lowest BCUT2D eigenvalue weighted by Crippen LogP contribution is -2.47. The minimum atomic E-state index is -2.27. The van der Waals surface area contributed by atoms with Gasteiger partial charge in [-0.25, -0.2) is 9.18 Å². The van der Waals surface area contributed by atoms with E-state index in [1.165, 1.54) is 0 Å². The topological polar surface area (TPSA) is 59.0 Å². The second-order valence-electron chi connectivity index (χ2n) is 10.7. The van der Waals surface area contributed by atoms with Crippen molar-refractivity contribution in [2.75, 3.05) is 20.2 Å². The number of ether oxygens (including phenoxy) is 1. The molecule has 0 spiro atoms. The Bertz CT molecular complexity index is 771. The number of nitrogens with zero attached hydrogens (tertiary/aromatic N) is 1. The second-order valence-corrected chi connectivity index (χ2v) is 15.5. The minimum Gasteiger partial charge on any atom is -0.497 e. The van der Waals surface area contributed by atoms with E-state index in [1.54, 1.807) is 31.4 Å². The lowest BCUT2D eigenvalue weighted by Gasteiger charge is -2.42. The van der Waals surface area contributed by atoms with E-state index in [0.717, 1.165) is 25.7 Å². The fraction of sp³-hybridized carbons (Fsp3) is 0.708. The second kappa shape index (κ2) is 8.83. The van der Waals surface area contributed by atoms with Crippen molar-refractivity contribution in [1.29, 1.82) is 0 Å². The van der Waals surface area contributed by atoms with Gasteiger partial charge in [0.05, 0.1) is 7.11 Å². The molecule has 1 heterocycles. The van der Waals surface area contributed by atoms with Crippen LogP contribution in [0.2, 0.25) is 18.1 Å². The van der Waals surface area contributed by atoms with Gasteiger partial charge in [-0.2, -0.15) is 0 Å². The highest BCUT2D eigenvalue weighted by atomic mass is 28.4. The van der Waals surface area contributed by atoms with Crippen LogP contribution in [0.25, 0.3) is 0 Å². The highest BCUT2D eigenvalue weighted by Gasteiger charge is 2.55. The summed E-state index contributed by atoms with van der Waals surface area (Å²) in [6.07, 6.45) is 4.00. The van der Waals surface area contributed by atoms with Gasteiger partial charge in [0.15, 0.2) is 8.32 Å². The summed E-state index contributed by atoms with van der Waals surface area (Å²) in [5.41, 5.74) is -1.56. The zero-order chi connectivity index (χ0) is 23.0. The highest BCUT2D eigenvalue weighted by Crippen LogP contribution is 2.43. The van der Waals surface area contributed by atoms with E-state index in [0.29, 0.717) is 17.9 Å². The number of likely N-dealkylation sites (tertiary alicyclic amines) is 1. The molecule has 0 amide bonds. The first-order valence-corrected chi connectivity index (χ1v) is 14.3. The van der Waals surface area contributed by atoms with Gasteiger partial charge >= 0.3 is 5.97 Å². The number of halogens is 1. The molecule has 0 aromatic heterocycles. The molecule has 31 heavy (non-hydrogen) atoms. The molecule has 2 aliphatic rings. The van der Waals surface area contributed by atoms with Crippen molar-refractivity contribution in [2.24, 2.45) is 0 Å². The molecule has 1 saturated carbocycles. The van der Waals surface area contributed by atoms with E-state index in [1.807, 2.05) is 0 Å². The van der Waals surface area contributed by atoms with Gasteiger partial charge in [-0.3, -0.25) is 4.90 Å². The van der Waals surface area contributed by atoms with Crippen LogP contribution in [0.3, 0.4) is 0 Å². The summed E-state index contributed by atoms with van der Waals surface area (Å²) in [5.74, 6) is -1.37. The van der Waals surface area contributed by atoms with E-state index in [2.05, 4.69) is 38.8 Å². The maximum Gasteiger partial charge on any atom is 0.343 e. The van der Waals surface area contributed by atoms with E-state index in [9.17, 15) is 9.90 Å². The Hall–Kier alpha value is -1.44. The molecule has 1 aromatic rings. The van der Waals surface area contributed by atoms with E-state index >= 15 is 4.39 Å². The summed E-state index contributed by atoms with van der Waals surface area (Å²) in [6, 6.07) is 7.31. The SMILES string of the molecule is COc1ccc([C@@H]2CN(C3CCC(O[Si](C)(C)C(C)(C)C)CC3)C[C@@]2(F)C(=O)O)cc1. The van der Waals surface area contributed by atoms with Crippen LogP contribution in [0.5, 0.6) is 5.75 Å². The van der Waals surface area contributed by atoms with Crippen LogP contribution in [0.4, 0.5) is 4.39 Å². The number of hydrogen-bond donors (Lipinski definition) is 1. The van der Waals surface area contributed by atoms with Crippen molar-refractivity contribution in [2.45, 2.75) is 88.3 Å². The number of carbonyl (C=O) groups is 1. The number of methoxy groups -OCH3 is 1. The molecular weight excluding hydrogens is 413 g/mol. The van der Waals surface area contributed by atoms with Gasteiger partial charge in [-0.05, 0) is 61.5 Å². The smallest absolute Gasteiger partial charge is 0.343 e. The fourth-order valence-electron chi connectivity index (χ4n) is 4.67. The van der Waals surface area contributed by atoms with Gasteiger partial charge < -0.3 is 14.3 Å². The van der Waals surface area contributed by atoms with E-state index in [4.69, 9.17) is 9.16 Å². The molecule has 1 aliphatic heterocycles. The molecule has 1 aromatic carbocycles. The number of hydrogen-bond acceptors (Lipinski definition) is 4. The van der Waals surface area contributed by atoms with Crippen LogP contribution in [0.15, 0.2) is 24.3 Å². The molecule has 2 atom stereocenters. The van der Waals surface area contributed by atoms with Gasteiger partial charge in [-0.1, -0.05) is 32.9 Å². The molecule has 1 N–H and O–H groups in total. The Kier molecular flexibility index (Phi) is 6.89. The van der Waals surface area contributed by atoms with Gasteiger partial charge in [0.2, 0.25) is 5.67 Å². The van der Waals surface area contributed by atoms with Crippen LogP contribution >= 0.6 is 0 Å². The third-order valence-corrected chi connectivity index (χ3v) is 12.2. The maximum absolute atomic E-state index is 15.7. The van der Waals surface area contributed by atoms with Crippen LogP contribution in [0.1, 0.15) is 57.9 Å². The van der Waals surface area contributed by atoms with Crippen molar-refractivity contribution in [1.82, 2.24) is 4.90 Å². The van der Waals surface area contributed by atoms with Crippen molar-refractivity contribution < 1.29 is 23.5 Å². The lowest BCUT2D eigenvalue weighted by molar-refractivity contribution is -0.151. The molecule has 0 unspecified atom stereocenters. The summed E-state index contributed by atoms with van der Waals surface area (Å²) in [5, 5.41) is 9.91.